The molecule has 0 saturated heterocycles. The van der Waals surface area contributed by atoms with Crippen molar-refractivity contribution in [3.8, 4) is 11.5 Å². The maximum Gasteiger partial charge on any atom is 0.191 e. The van der Waals surface area contributed by atoms with Crippen molar-refractivity contribution in [1.29, 1.82) is 0 Å². The fraction of sp³-hybridized carbons (Fsp3) is 0.588. The summed E-state index contributed by atoms with van der Waals surface area (Å²) in [6, 6.07) is 5.71. The van der Waals surface area contributed by atoms with E-state index < -0.39 is 0 Å². The summed E-state index contributed by atoms with van der Waals surface area (Å²) in [5.74, 6) is 2.26. The Morgan fingerprint density at radius 1 is 1.04 bits per heavy atom. The maximum atomic E-state index is 5.42. The maximum absolute atomic E-state index is 5.42. The molecule has 0 aliphatic heterocycles. The molecule has 0 amide bonds. The second-order valence-electron chi connectivity index (χ2n) is 4.90. The molecular formula is C17H29N3O4. The molecule has 136 valence electrons. The minimum Gasteiger partial charge on any atom is -0.497 e. The SMILES string of the molecule is CCNC(=NCc1ccc(OC)cc1OC)NCCOCCOC. The van der Waals surface area contributed by atoms with Crippen molar-refractivity contribution in [2.24, 2.45) is 4.99 Å². The van der Waals surface area contributed by atoms with Gasteiger partial charge in [-0.2, -0.15) is 0 Å². The summed E-state index contributed by atoms with van der Waals surface area (Å²) >= 11 is 0. The van der Waals surface area contributed by atoms with E-state index in [-0.39, 0.29) is 0 Å². The first-order valence-corrected chi connectivity index (χ1v) is 8.04. The Morgan fingerprint density at radius 2 is 1.88 bits per heavy atom. The Morgan fingerprint density at radius 3 is 2.54 bits per heavy atom. The highest BCUT2D eigenvalue weighted by atomic mass is 16.5. The van der Waals surface area contributed by atoms with Crippen LogP contribution in [0.3, 0.4) is 0 Å². The van der Waals surface area contributed by atoms with Gasteiger partial charge in [-0.3, -0.25) is 0 Å². The summed E-state index contributed by atoms with van der Waals surface area (Å²) < 4.78 is 21.0. The average molecular weight is 339 g/mol. The molecule has 0 bridgehead atoms. The van der Waals surface area contributed by atoms with Crippen LogP contribution < -0.4 is 20.1 Å². The normalized spacial score (nSPS) is 11.2. The number of benzene rings is 1. The van der Waals surface area contributed by atoms with Crippen LogP contribution in [0.25, 0.3) is 0 Å². The van der Waals surface area contributed by atoms with Gasteiger partial charge >= 0.3 is 0 Å². The van der Waals surface area contributed by atoms with Crippen LogP contribution in [0.5, 0.6) is 11.5 Å². The Hall–Kier alpha value is -1.99. The molecule has 0 aromatic heterocycles. The van der Waals surface area contributed by atoms with E-state index in [1.54, 1.807) is 21.3 Å². The van der Waals surface area contributed by atoms with Crippen LogP contribution >= 0.6 is 0 Å². The van der Waals surface area contributed by atoms with Crippen molar-refractivity contribution in [2.45, 2.75) is 13.5 Å². The van der Waals surface area contributed by atoms with Gasteiger partial charge in [-0.15, -0.1) is 0 Å². The molecular weight excluding hydrogens is 310 g/mol. The molecule has 0 unspecified atom stereocenters. The molecule has 0 heterocycles. The van der Waals surface area contributed by atoms with Gasteiger partial charge in [-0.25, -0.2) is 4.99 Å². The van der Waals surface area contributed by atoms with Gasteiger partial charge in [0.1, 0.15) is 11.5 Å². The van der Waals surface area contributed by atoms with E-state index in [2.05, 4.69) is 15.6 Å². The lowest BCUT2D eigenvalue weighted by Gasteiger charge is -2.13. The zero-order valence-corrected chi connectivity index (χ0v) is 15.1. The number of nitrogens with one attached hydrogen (secondary N) is 2. The molecule has 0 radical (unpaired) electrons. The van der Waals surface area contributed by atoms with Crippen LogP contribution in [-0.4, -0.2) is 60.2 Å². The number of guanidine groups is 1. The Bertz CT molecular complexity index is 495. The molecule has 7 heteroatoms. The van der Waals surface area contributed by atoms with E-state index in [0.717, 1.165) is 29.6 Å². The quantitative estimate of drug-likeness (QED) is 0.361. The lowest BCUT2D eigenvalue weighted by molar-refractivity contribution is 0.0733. The van der Waals surface area contributed by atoms with Crippen molar-refractivity contribution in [2.75, 3.05) is 54.2 Å². The van der Waals surface area contributed by atoms with E-state index >= 15 is 0 Å². The minimum atomic E-state index is 0.507. The highest BCUT2D eigenvalue weighted by Gasteiger charge is 2.05. The third-order valence-electron chi connectivity index (χ3n) is 3.22. The van der Waals surface area contributed by atoms with Gasteiger partial charge in [0.25, 0.3) is 0 Å². The number of hydrogen-bond acceptors (Lipinski definition) is 5. The molecule has 0 aliphatic carbocycles. The summed E-state index contributed by atoms with van der Waals surface area (Å²) in [4.78, 5) is 4.58. The van der Waals surface area contributed by atoms with Gasteiger partial charge < -0.3 is 29.6 Å². The summed E-state index contributed by atoms with van der Waals surface area (Å²) in [7, 11) is 4.93. The lowest BCUT2D eigenvalue weighted by Crippen LogP contribution is -2.39. The smallest absolute Gasteiger partial charge is 0.191 e. The number of ether oxygens (including phenoxy) is 4. The summed E-state index contributed by atoms with van der Waals surface area (Å²) in [5, 5.41) is 6.44. The predicted octanol–water partition coefficient (Wildman–Crippen LogP) is 1.42. The lowest BCUT2D eigenvalue weighted by atomic mass is 10.2. The van der Waals surface area contributed by atoms with E-state index in [0.29, 0.717) is 32.9 Å². The summed E-state index contributed by atoms with van der Waals surface area (Å²) in [6.45, 7) is 5.79. The minimum absolute atomic E-state index is 0.507. The number of methoxy groups -OCH3 is 3. The van der Waals surface area contributed by atoms with Crippen molar-refractivity contribution >= 4 is 5.96 Å². The third-order valence-corrected chi connectivity index (χ3v) is 3.22. The molecule has 0 aliphatic rings. The van der Waals surface area contributed by atoms with Gasteiger partial charge in [0.15, 0.2) is 5.96 Å². The van der Waals surface area contributed by atoms with Gasteiger partial charge in [0.2, 0.25) is 0 Å². The Balaban J connectivity index is 2.55. The summed E-state index contributed by atoms with van der Waals surface area (Å²) in [5.41, 5.74) is 0.992. The molecule has 2 N–H and O–H groups in total. The second kappa shape index (κ2) is 12.4. The molecule has 24 heavy (non-hydrogen) atoms. The molecule has 0 saturated carbocycles. The molecule has 0 atom stereocenters. The fourth-order valence-corrected chi connectivity index (χ4v) is 1.97. The van der Waals surface area contributed by atoms with Crippen LogP contribution in [0.15, 0.2) is 23.2 Å². The van der Waals surface area contributed by atoms with Crippen LogP contribution in [0.2, 0.25) is 0 Å². The summed E-state index contributed by atoms with van der Waals surface area (Å²) in [6.07, 6.45) is 0. The first-order valence-electron chi connectivity index (χ1n) is 8.04. The van der Waals surface area contributed by atoms with E-state index in [4.69, 9.17) is 18.9 Å². The van der Waals surface area contributed by atoms with Gasteiger partial charge in [-0.05, 0) is 19.1 Å². The van der Waals surface area contributed by atoms with Crippen molar-refractivity contribution in [1.82, 2.24) is 10.6 Å². The van der Waals surface area contributed by atoms with Crippen molar-refractivity contribution in [3.05, 3.63) is 23.8 Å². The zero-order chi connectivity index (χ0) is 17.6. The second-order valence-corrected chi connectivity index (χ2v) is 4.90. The predicted molar refractivity (Wildman–Crippen MR) is 95.1 cm³/mol. The van der Waals surface area contributed by atoms with Crippen LogP contribution in [-0.2, 0) is 16.0 Å². The van der Waals surface area contributed by atoms with Gasteiger partial charge in [0.05, 0.1) is 40.6 Å². The largest absolute Gasteiger partial charge is 0.497 e. The van der Waals surface area contributed by atoms with Crippen molar-refractivity contribution in [3.63, 3.8) is 0 Å². The molecule has 1 aromatic rings. The first kappa shape index (κ1) is 20.1. The van der Waals surface area contributed by atoms with Gasteiger partial charge in [0, 0.05) is 31.8 Å². The molecule has 0 spiro atoms. The zero-order valence-electron chi connectivity index (χ0n) is 15.1. The van der Waals surface area contributed by atoms with E-state index in [9.17, 15) is 0 Å². The number of rotatable bonds is 11. The molecule has 1 aromatic carbocycles. The number of hydrogen-bond donors (Lipinski definition) is 2. The van der Waals surface area contributed by atoms with Crippen LogP contribution in [0, 0.1) is 0 Å². The Kier molecular flexibility index (Phi) is 10.4. The molecule has 1 rings (SSSR count). The average Bonchev–Trinajstić information content (AvgIpc) is 2.62. The number of aliphatic imine (C=N–C) groups is 1. The molecule has 0 fully saturated rings. The molecule has 7 nitrogen and oxygen atoms in total. The van der Waals surface area contributed by atoms with E-state index in [1.807, 2.05) is 25.1 Å². The standard InChI is InChI=1S/C17H29N3O4/c1-5-18-17(19-8-9-24-11-10-21-2)20-13-14-6-7-15(22-3)12-16(14)23-4/h6-7,12H,5,8-11,13H2,1-4H3,(H2,18,19,20). The third kappa shape index (κ3) is 7.52. The van der Waals surface area contributed by atoms with Crippen LogP contribution in [0.4, 0.5) is 0 Å². The topological polar surface area (TPSA) is 73.3 Å². The first-order chi connectivity index (χ1) is 11.7. The van der Waals surface area contributed by atoms with Crippen LogP contribution in [0.1, 0.15) is 12.5 Å². The van der Waals surface area contributed by atoms with Gasteiger partial charge in [-0.1, -0.05) is 0 Å². The Labute approximate surface area is 144 Å². The fourth-order valence-electron chi connectivity index (χ4n) is 1.97. The number of nitrogens with zero attached hydrogens (tertiary/aromatic N) is 1. The monoisotopic (exact) mass is 339 g/mol. The highest BCUT2D eigenvalue weighted by Crippen LogP contribution is 2.25. The van der Waals surface area contributed by atoms with Crippen molar-refractivity contribution < 1.29 is 18.9 Å². The van der Waals surface area contributed by atoms with E-state index in [1.165, 1.54) is 0 Å². The highest BCUT2D eigenvalue weighted by molar-refractivity contribution is 5.79.